The van der Waals surface area contributed by atoms with Crippen molar-refractivity contribution >= 4 is 5.82 Å². The monoisotopic (exact) mass is 245 g/mol. The first kappa shape index (κ1) is 11.0. The molecule has 0 aromatic carbocycles. The van der Waals surface area contributed by atoms with Crippen LogP contribution >= 0.6 is 0 Å². The minimum Gasteiger partial charge on any atom is -0.384 e. The Morgan fingerprint density at radius 2 is 2.17 bits per heavy atom. The van der Waals surface area contributed by atoms with E-state index in [9.17, 15) is 4.79 Å². The lowest BCUT2D eigenvalue weighted by atomic mass is 10.4. The predicted octanol–water partition coefficient (Wildman–Crippen LogP) is 0.714. The van der Waals surface area contributed by atoms with E-state index in [2.05, 4.69) is 9.97 Å². The third-order valence-corrected chi connectivity index (χ3v) is 3.05. The predicted molar refractivity (Wildman–Crippen MR) is 67.2 cm³/mol. The van der Waals surface area contributed by atoms with Crippen molar-refractivity contribution in [3.63, 3.8) is 0 Å². The molecule has 1 aliphatic carbocycles. The number of anilines is 1. The quantitative estimate of drug-likeness (QED) is 0.864. The Hall–Kier alpha value is -2.11. The van der Waals surface area contributed by atoms with Gasteiger partial charge >= 0.3 is 5.69 Å². The Labute approximate surface area is 104 Å². The normalized spacial score (nSPS) is 14.9. The standard InChI is InChI=1S/C12H15N5O/c1-8-6-10(13)15-11(14-8)7-16-4-5-17(12(16)18)9-2-3-9/h4-6,9H,2-3,7H2,1H3,(H2,13,14,15). The summed E-state index contributed by atoms with van der Waals surface area (Å²) in [4.78, 5) is 20.5. The van der Waals surface area contributed by atoms with Gasteiger partial charge in [0.2, 0.25) is 0 Å². The summed E-state index contributed by atoms with van der Waals surface area (Å²) in [6.07, 6.45) is 5.80. The highest BCUT2D eigenvalue weighted by molar-refractivity contribution is 5.29. The van der Waals surface area contributed by atoms with Crippen LogP contribution in [0.4, 0.5) is 5.82 Å². The molecule has 94 valence electrons. The van der Waals surface area contributed by atoms with Crippen molar-refractivity contribution in [3.05, 3.63) is 40.5 Å². The number of nitrogens with two attached hydrogens (primary N) is 1. The molecule has 1 aliphatic rings. The summed E-state index contributed by atoms with van der Waals surface area (Å²) in [7, 11) is 0. The van der Waals surface area contributed by atoms with E-state index in [4.69, 9.17) is 5.73 Å². The van der Waals surface area contributed by atoms with Crippen molar-refractivity contribution in [2.75, 3.05) is 5.73 Å². The molecule has 0 amide bonds. The largest absolute Gasteiger partial charge is 0.384 e. The van der Waals surface area contributed by atoms with Gasteiger partial charge in [-0.1, -0.05) is 0 Å². The number of nitrogen functional groups attached to an aromatic ring is 1. The number of nitrogens with zero attached hydrogens (tertiary/aromatic N) is 4. The average molecular weight is 245 g/mol. The minimum atomic E-state index is 0.00109. The first-order chi connectivity index (χ1) is 8.63. The third kappa shape index (κ3) is 2.01. The summed E-state index contributed by atoms with van der Waals surface area (Å²) in [6, 6.07) is 2.10. The van der Waals surface area contributed by atoms with E-state index < -0.39 is 0 Å². The van der Waals surface area contributed by atoms with Gasteiger partial charge in [-0.05, 0) is 19.8 Å². The number of aromatic nitrogens is 4. The molecule has 2 N–H and O–H groups in total. The van der Waals surface area contributed by atoms with E-state index in [0.717, 1.165) is 18.5 Å². The number of hydrogen-bond acceptors (Lipinski definition) is 4. The lowest BCUT2D eigenvalue weighted by Crippen LogP contribution is -2.24. The summed E-state index contributed by atoms with van der Waals surface area (Å²) < 4.78 is 3.39. The van der Waals surface area contributed by atoms with Gasteiger partial charge in [-0.15, -0.1) is 0 Å². The summed E-state index contributed by atoms with van der Waals surface area (Å²) in [5.41, 5.74) is 6.48. The van der Waals surface area contributed by atoms with Crippen LogP contribution in [0, 0.1) is 6.92 Å². The second-order valence-electron chi connectivity index (χ2n) is 4.70. The lowest BCUT2D eigenvalue weighted by molar-refractivity contribution is 0.642. The topological polar surface area (TPSA) is 78.7 Å². The van der Waals surface area contributed by atoms with Crippen molar-refractivity contribution in [2.45, 2.75) is 32.4 Å². The van der Waals surface area contributed by atoms with Gasteiger partial charge in [-0.25, -0.2) is 14.8 Å². The fourth-order valence-corrected chi connectivity index (χ4v) is 2.06. The van der Waals surface area contributed by atoms with E-state index in [1.807, 2.05) is 13.1 Å². The SMILES string of the molecule is Cc1cc(N)nc(Cn2ccn(C3CC3)c2=O)n1. The van der Waals surface area contributed by atoms with Gasteiger partial charge in [0.15, 0.2) is 5.82 Å². The molecule has 0 saturated heterocycles. The molecule has 6 nitrogen and oxygen atoms in total. The zero-order valence-electron chi connectivity index (χ0n) is 10.2. The zero-order chi connectivity index (χ0) is 12.7. The number of rotatable bonds is 3. The molecule has 1 fully saturated rings. The third-order valence-electron chi connectivity index (χ3n) is 3.05. The van der Waals surface area contributed by atoms with Gasteiger partial charge in [0.25, 0.3) is 0 Å². The molecule has 0 aliphatic heterocycles. The molecule has 0 radical (unpaired) electrons. The van der Waals surface area contributed by atoms with Gasteiger partial charge in [-0.3, -0.25) is 9.13 Å². The molecule has 2 aromatic heterocycles. The van der Waals surface area contributed by atoms with E-state index in [0.29, 0.717) is 24.2 Å². The van der Waals surface area contributed by atoms with Crippen molar-refractivity contribution in [3.8, 4) is 0 Å². The molecule has 2 aromatic rings. The highest BCUT2D eigenvalue weighted by Crippen LogP contribution is 2.33. The maximum Gasteiger partial charge on any atom is 0.328 e. The molecular formula is C12H15N5O. The van der Waals surface area contributed by atoms with Crippen molar-refractivity contribution in [1.29, 1.82) is 0 Å². The highest BCUT2D eigenvalue weighted by Gasteiger charge is 2.25. The number of hydrogen-bond donors (Lipinski definition) is 1. The van der Waals surface area contributed by atoms with Crippen LogP contribution < -0.4 is 11.4 Å². The van der Waals surface area contributed by atoms with Crippen molar-refractivity contribution in [2.24, 2.45) is 0 Å². The van der Waals surface area contributed by atoms with E-state index in [-0.39, 0.29) is 5.69 Å². The highest BCUT2D eigenvalue weighted by atomic mass is 16.1. The van der Waals surface area contributed by atoms with E-state index >= 15 is 0 Å². The molecule has 0 spiro atoms. The molecule has 6 heteroatoms. The van der Waals surface area contributed by atoms with E-state index in [1.165, 1.54) is 0 Å². The Morgan fingerprint density at radius 3 is 2.83 bits per heavy atom. The summed E-state index contributed by atoms with van der Waals surface area (Å²) in [5, 5.41) is 0. The minimum absolute atomic E-state index is 0.00109. The summed E-state index contributed by atoms with van der Waals surface area (Å²) in [5.74, 6) is 1.01. The molecule has 2 heterocycles. The average Bonchev–Trinajstić information content (AvgIpc) is 3.05. The van der Waals surface area contributed by atoms with Gasteiger partial charge in [0, 0.05) is 30.2 Å². The van der Waals surface area contributed by atoms with Crippen LogP contribution in [0.15, 0.2) is 23.3 Å². The van der Waals surface area contributed by atoms with Gasteiger partial charge in [-0.2, -0.15) is 0 Å². The smallest absolute Gasteiger partial charge is 0.328 e. The Balaban J connectivity index is 1.89. The van der Waals surface area contributed by atoms with Crippen LogP contribution in [0.3, 0.4) is 0 Å². The fourth-order valence-electron chi connectivity index (χ4n) is 2.06. The molecule has 18 heavy (non-hydrogen) atoms. The van der Waals surface area contributed by atoms with Crippen LogP contribution in [0.1, 0.15) is 30.4 Å². The second-order valence-corrected chi connectivity index (χ2v) is 4.70. The molecule has 0 atom stereocenters. The van der Waals surface area contributed by atoms with Crippen molar-refractivity contribution < 1.29 is 0 Å². The maximum atomic E-state index is 12.1. The van der Waals surface area contributed by atoms with Gasteiger partial charge < -0.3 is 5.73 Å². The molecule has 0 bridgehead atoms. The van der Waals surface area contributed by atoms with Gasteiger partial charge in [0.1, 0.15) is 5.82 Å². The van der Waals surface area contributed by atoms with Gasteiger partial charge in [0.05, 0.1) is 6.54 Å². The number of aryl methyl sites for hydroxylation is 1. The van der Waals surface area contributed by atoms with Crippen LogP contribution in [-0.4, -0.2) is 19.1 Å². The van der Waals surface area contributed by atoms with E-state index in [1.54, 1.807) is 21.4 Å². The fraction of sp³-hybridized carbons (Fsp3) is 0.417. The molecular weight excluding hydrogens is 230 g/mol. The molecule has 0 unspecified atom stereocenters. The Morgan fingerprint density at radius 1 is 1.39 bits per heavy atom. The Kier molecular flexibility index (Phi) is 2.43. The first-order valence-corrected chi connectivity index (χ1v) is 6.01. The zero-order valence-corrected chi connectivity index (χ0v) is 10.2. The van der Waals surface area contributed by atoms with Crippen molar-refractivity contribution in [1.82, 2.24) is 19.1 Å². The van der Waals surface area contributed by atoms with Crippen LogP contribution in [0.5, 0.6) is 0 Å². The molecule has 1 saturated carbocycles. The van der Waals surface area contributed by atoms with Crippen LogP contribution in [-0.2, 0) is 6.54 Å². The molecule has 3 rings (SSSR count). The van der Waals surface area contributed by atoms with Crippen LogP contribution in [0.25, 0.3) is 0 Å². The first-order valence-electron chi connectivity index (χ1n) is 6.01. The lowest BCUT2D eigenvalue weighted by Gasteiger charge is -2.03. The second kappa shape index (κ2) is 3.97. The maximum absolute atomic E-state index is 12.1. The summed E-state index contributed by atoms with van der Waals surface area (Å²) >= 11 is 0. The van der Waals surface area contributed by atoms with Crippen LogP contribution in [0.2, 0.25) is 0 Å². The number of imidazole rings is 1. The summed E-state index contributed by atoms with van der Waals surface area (Å²) in [6.45, 7) is 2.23. The Bertz CT molecular complexity index is 618.